The largest absolute Gasteiger partial charge is 0.465 e. The molecule has 0 saturated heterocycles. The second kappa shape index (κ2) is 12.7. The van der Waals surface area contributed by atoms with Gasteiger partial charge in [0.25, 0.3) is 0 Å². The van der Waals surface area contributed by atoms with E-state index in [1.165, 1.54) is 6.08 Å². The van der Waals surface area contributed by atoms with Crippen molar-refractivity contribution in [1.29, 1.82) is 0 Å². The second-order valence-corrected chi connectivity index (χ2v) is 6.76. The van der Waals surface area contributed by atoms with Gasteiger partial charge < -0.3 is 29.6 Å². The summed E-state index contributed by atoms with van der Waals surface area (Å²) in [7, 11) is 0. The molecule has 1 fully saturated rings. The van der Waals surface area contributed by atoms with Crippen molar-refractivity contribution < 1.29 is 38.1 Å². The molecule has 0 aromatic heterocycles. The van der Waals surface area contributed by atoms with Crippen LogP contribution in [0.5, 0.6) is 0 Å². The molecular formula is C20H32N2O8. The third kappa shape index (κ3) is 7.23. The number of nitrogens with one attached hydrogen (secondary N) is 2. The molecule has 170 valence electrons. The van der Waals surface area contributed by atoms with E-state index in [4.69, 9.17) is 18.9 Å². The molecular weight excluding hydrogens is 396 g/mol. The van der Waals surface area contributed by atoms with Gasteiger partial charge in [-0.25, -0.2) is 9.59 Å². The number of carbonyl (C=O) groups excluding carboxylic acids is 4. The Balaban J connectivity index is 2.62. The molecule has 1 rings (SSSR count). The fourth-order valence-electron chi connectivity index (χ4n) is 2.74. The van der Waals surface area contributed by atoms with E-state index in [1.54, 1.807) is 13.8 Å². The van der Waals surface area contributed by atoms with Crippen LogP contribution in [-0.4, -0.2) is 63.1 Å². The second-order valence-electron chi connectivity index (χ2n) is 6.76. The van der Waals surface area contributed by atoms with Crippen molar-refractivity contribution in [2.75, 3.05) is 32.9 Å². The summed E-state index contributed by atoms with van der Waals surface area (Å²) in [5, 5.41) is 4.93. The van der Waals surface area contributed by atoms with E-state index < -0.39 is 35.6 Å². The number of allylic oxidation sites excluding steroid dienone is 1. The van der Waals surface area contributed by atoms with Crippen molar-refractivity contribution in [3.05, 3.63) is 12.7 Å². The van der Waals surface area contributed by atoms with Crippen LogP contribution in [0.25, 0.3) is 0 Å². The quantitative estimate of drug-likeness (QED) is 0.197. The van der Waals surface area contributed by atoms with Gasteiger partial charge in [-0.1, -0.05) is 13.0 Å². The van der Waals surface area contributed by atoms with Gasteiger partial charge in [-0.05, 0) is 26.7 Å². The molecule has 0 heterocycles. The maximum absolute atomic E-state index is 12.6. The van der Waals surface area contributed by atoms with E-state index >= 15 is 0 Å². The Labute approximate surface area is 176 Å². The molecule has 0 radical (unpaired) electrons. The zero-order valence-corrected chi connectivity index (χ0v) is 17.9. The first-order valence-corrected chi connectivity index (χ1v) is 10.2. The molecule has 0 aromatic carbocycles. The van der Waals surface area contributed by atoms with Crippen LogP contribution in [-0.2, 0) is 28.5 Å². The number of rotatable bonds is 13. The summed E-state index contributed by atoms with van der Waals surface area (Å²) >= 11 is 0. The normalized spacial score (nSPS) is 20.3. The molecule has 2 amide bonds. The summed E-state index contributed by atoms with van der Waals surface area (Å²) < 4.78 is 20.6. The van der Waals surface area contributed by atoms with E-state index in [9.17, 15) is 19.2 Å². The SMILES string of the molecule is C=CC1CC1(C(=O)OCCC)C(=O)OCCC(COC(=O)NCC)OC(=O)NCC. The van der Waals surface area contributed by atoms with Gasteiger partial charge in [0, 0.05) is 25.4 Å². The molecule has 0 aromatic rings. The number of carbonyl (C=O) groups is 4. The molecule has 1 aliphatic carbocycles. The zero-order chi connectivity index (χ0) is 22.6. The first kappa shape index (κ1) is 25.3. The third-order valence-electron chi connectivity index (χ3n) is 4.45. The van der Waals surface area contributed by atoms with Gasteiger partial charge in [0.2, 0.25) is 0 Å². The van der Waals surface area contributed by atoms with Crippen molar-refractivity contribution in [3.63, 3.8) is 0 Å². The van der Waals surface area contributed by atoms with E-state index in [2.05, 4.69) is 17.2 Å². The molecule has 3 unspecified atom stereocenters. The number of alkyl carbamates (subject to hydrolysis) is 2. The minimum atomic E-state index is -1.36. The van der Waals surface area contributed by atoms with Gasteiger partial charge in [-0.3, -0.25) is 9.59 Å². The van der Waals surface area contributed by atoms with Gasteiger partial charge in [-0.15, -0.1) is 6.58 Å². The average molecular weight is 428 g/mol. The smallest absolute Gasteiger partial charge is 0.407 e. The predicted octanol–water partition coefficient (Wildman–Crippen LogP) is 1.93. The Kier molecular flexibility index (Phi) is 10.7. The predicted molar refractivity (Wildman–Crippen MR) is 107 cm³/mol. The minimum Gasteiger partial charge on any atom is -0.465 e. The van der Waals surface area contributed by atoms with E-state index in [0.29, 0.717) is 19.5 Å². The lowest BCUT2D eigenvalue weighted by atomic mass is 10.0. The highest BCUT2D eigenvalue weighted by molar-refractivity contribution is 6.04. The Hall–Kier alpha value is -2.78. The van der Waals surface area contributed by atoms with Crippen molar-refractivity contribution in [2.24, 2.45) is 11.3 Å². The molecule has 0 spiro atoms. The summed E-state index contributed by atoms with van der Waals surface area (Å²) in [6.45, 7) is 9.59. The lowest BCUT2D eigenvalue weighted by Gasteiger charge is -2.19. The highest BCUT2D eigenvalue weighted by atomic mass is 16.6. The Morgan fingerprint density at radius 3 is 2.13 bits per heavy atom. The number of amides is 2. The van der Waals surface area contributed by atoms with Crippen LogP contribution in [0.4, 0.5) is 9.59 Å². The Bertz CT molecular complexity index is 624. The van der Waals surface area contributed by atoms with Crippen molar-refractivity contribution in [1.82, 2.24) is 10.6 Å². The monoisotopic (exact) mass is 428 g/mol. The Morgan fingerprint density at radius 2 is 1.60 bits per heavy atom. The fourth-order valence-corrected chi connectivity index (χ4v) is 2.74. The summed E-state index contributed by atoms with van der Waals surface area (Å²) in [6, 6.07) is 0. The summed E-state index contributed by atoms with van der Waals surface area (Å²) in [5.41, 5.74) is -1.36. The average Bonchev–Trinajstić information content (AvgIpc) is 3.46. The maximum Gasteiger partial charge on any atom is 0.407 e. The van der Waals surface area contributed by atoms with Crippen molar-refractivity contribution in [3.8, 4) is 0 Å². The highest BCUT2D eigenvalue weighted by Crippen LogP contribution is 2.55. The third-order valence-corrected chi connectivity index (χ3v) is 4.45. The lowest BCUT2D eigenvalue weighted by Crippen LogP contribution is -2.35. The zero-order valence-electron chi connectivity index (χ0n) is 17.9. The first-order valence-electron chi connectivity index (χ1n) is 10.2. The standard InChI is InChI=1S/C20H32N2O8/c1-5-10-27-16(23)20(12-14(20)6-2)17(24)28-11-9-15(30-19(26)22-8-4)13-29-18(25)21-7-3/h6,14-15H,2,5,7-13H2,1,3-4H3,(H,21,25)(H,22,26). The van der Waals surface area contributed by atoms with Crippen molar-refractivity contribution in [2.45, 2.75) is 46.1 Å². The summed E-state index contributed by atoms with van der Waals surface area (Å²) in [4.78, 5) is 48.1. The van der Waals surface area contributed by atoms with E-state index in [-0.39, 0.29) is 38.6 Å². The van der Waals surface area contributed by atoms with Gasteiger partial charge in [0.05, 0.1) is 13.2 Å². The molecule has 2 N–H and O–H groups in total. The molecule has 3 atom stereocenters. The van der Waals surface area contributed by atoms with Crippen LogP contribution in [0.2, 0.25) is 0 Å². The van der Waals surface area contributed by atoms with Gasteiger partial charge in [-0.2, -0.15) is 0 Å². The van der Waals surface area contributed by atoms with E-state index in [1.807, 2.05) is 6.92 Å². The lowest BCUT2D eigenvalue weighted by molar-refractivity contribution is -0.165. The van der Waals surface area contributed by atoms with Gasteiger partial charge in [0.15, 0.2) is 5.41 Å². The molecule has 10 heteroatoms. The van der Waals surface area contributed by atoms with Crippen LogP contribution in [0.3, 0.4) is 0 Å². The molecule has 0 aliphatic heterocycles. The molecule has 1 saturated carbocycles. The van der Waals surface area contributed by atoms with Crippen LogP contribution < -0.4 is 10.6 Å². The van der Waals surface area contributed by atoms with E-state index in [0.717, 1.165) is 0 Å². The molecule has 0 bridgehead atoms. The van der Waals surface area contributed by atoms with Crippen LogP contribution in [0.15, 0.2) is 12.7 Å². The Morgan fingerprint density at radius 1 is 1.00 bits per heavy atom. The minimum absolute atomic E-state index is 0.0844. The number of hydrogen-bond acceptors (Lipinski definition) is 8. The molecule has 30 heavy (non-hydrogen) atoms. The highest BCUT2D eigenvalue weighted by Gasteiger charge is 2.67. The summed E-state index contributed by atoms with van der Waals surface area (Å²) in [5.74, 6) is -1.65. The maximum atomic E-state index is 12.6. The topological polar surface area (TPSA) is 129 Å². The first-order chi connectivity index (χ1) is 14.3. The van der Waals surface area contributed by atoms with Crippen LogP contribution >= 0.6 is 0 Å². The van der Waals surface area contributed by atoms with Crippen LogP contribution in [0, 0.1) is 11.3 Å². The van der Waals surface area contributed by atoms with Gasteiger partial charge in [0.1, 0.15) is 12.7 Å². The number of hydrogen-bond donors (Lipinski definition) is 2. The number of esters is 2. The molecule has 1 aliphatic rings. The van der Waals surface area contributed by atoms with Crippen LogP contribution in [0.1, 0.15) is 40.0 Å². The van der Waals surface area contributed by atoms with Gasteiger partial charge >= 0.3 is 24.1 Å². The molecule has 10 nitrogen and oxygen atoms in total. The van der Waals surface area contributed by atoms with Crippen molar-refractivity contribution >= 4 is 24.1 Å². The number of ether oxygens (including phenoxy) is 4. The fraction of sp³-hybridized carbons (Fsp3) is 0.700. The summed E-state index contributed by atoms with van der Waals surface area (Å²) in [6.07, 6.45) is 0.392.